The molecule has 22 heavy (non-hydrogen) atoms. The third-order valence-corrected chi connectivity index (χ3v) is 3.40. The highest BCUT2D eigenvalue weighted by Gasteiger charge is 2.12. The lowest BCUT2D eigenvalue weighted by Crippen LogP contribution is -2.21. The normalized spacial score (nSPS) is 11.3. The van der Waals surface area contributed by atoms with Gasteiger partial charge in [0, 0.05) is 5.52 Å². The summed E-state index contributed by atoms with van der Waals surface area (Å²) >= 11 is 0. The van der Waals surface area contributed by atoms with Crippen LogP contribution in [0.25, 0.3) is 33.5 Å². The highest BCUT2D eigenvalue weighted by atomic mass is 16.2. The van der Waals surface area contributed by atoms with E-state index in [-0.39, 0.29) is 28.1 Å². The van der Waals surface area contributed by atoms with E-state index in [1.54, 1.807) is 12.1 Å². The minimum Gasteiger partial charge on any atom is -0.332 e. The number of imidazole rings is 1. The Labute approximate surface area is 120 Å². The van der Waals surface area contributed by atoms with Crippen LogP contribution in [0.5, 0.6) is 0 Å². The van der Waals surface area contributed by atoms with E-state index in [0.29, 0.717) is 5.52 Å². The highest BCUT2D eigenvalue weighted by molar-refractivity contribution is 5.83. The fourth-order valence-corrected chi connectivity index (χ4v) is 2.38. The zero-order chi connectivity index (χ0) is 15.3. The lowest BCUT2D eigenvalue weighted by Gasteiger charge is -2.00. The molecule has 0 radical (unpaired) electrons. The second-order valence-electron chi connectivity index (χ2n) is 4.82. The molecule has 1 aromatic carbocycles. The molecule has 0 amide bonds. The van der Waals surface area contributed by atoms with Crippen molar-refractivity contribution >= 4 is 22.1 Å². The molecular weight excluding hydrogens is 286 g/mol. The quantitative estimate of drug-likeness (QED) is 0.406. The van der Waals surface area contributed by atoms with Crippen LogP contribution in [0.2, 0.25) is 0 Å². The van der Waals surface area contributed by atoms with Crippen molar-refractivity contribution < 1.29 is 0 Å². The maximum atomic E-state index is 12.2. The van der Waals surface area contributed by atoms with Crippen molar-refractivity contribution in [3.8, 4) is 11.4 Å². The van der Waals surface area contributed by atoms with Crippen molar-refractivity contribution in [1.82, 2.24) is 24.9 Å². The van der Waals surface area contributed by atoms with E-state index in [1.165, 1.54) is 0 Å². The van der Waals surface area contributed by atoms with E-state index in [9.17, 15) is 14.4 Å². The summed E-state index contributed by atoms with van der Waals surface area (Å²) < 4.78 is 0. The Balaban J connectivity index is 2.04. The Morgan fingerprint density at radius 2 is 1.68 bits per heavy atom. The number of pyridine rings is 1. The van der Waals surface area contributed by atoms with Crippen LogP contribution in [-0.2, 0) is 0 Å². The molecule has 8 nitrogen and oxygen atoms in total. The monoisotopic (exact) mass is 295 g/mol. The van der Waals surface area contributed by atoms with Gasteiger partial charge in [-0.15, -0.1) is 0 Å². The average Bonchev–Trinajstić information content (AvgIpc) is 2.90. The summed E-state index contributed by atoms with van der Waals surface area (Å²) in [4.78, 5) is 49.3. The van der Waals surface area contributed by atoms with Gasteiger partial charge in [0.15, 0.2) is 5.65 Å². The van der Waals surface area contributed by atoms with Gasteiger partial charge in [-0.3, -0.25) is 19.6 Å². The van der Waals surface area contributed by atoms with Crippen molar-refractivity contribution in [2.75, 3.05) is 0 Å². The van der Waals surface area contributed by atoms with Crippen LogP contribution in [-0.4, -0.2) is 24.9 Å². The maximum Gasteiger partial charge on any atom is 0.327 e. The Kier molecular flexibility index (Phi) is 2.40. The molecule has 0 saturated carbocycles. The van der Waals surface area contributed by atoms with Gasteiger partial charge >= 0.3 is 5.69 Å². The summed E-state index contributed by atoms with van der Waals surface area (Å²) in [6, 6.07) is 9.00. The molecule has 0 unspecified atom stereocenters. The summed E-state index contributed by atoms with van der Waals surface area (Å²) in [6.07, 6.45) is 0. The fraction of sp³-hybridized carbons (Fsp3) is 0. The van der Waals surface area contributed by atoms with Crippen molar-refractivity contribution in [3.63, 3.8) is 0 Å². The number of hydrogen-bond donors (Lipinski definition) is 4. The van der Waals surface area contributed by atoms with E-state index in [0.717, 1.165) is 5.39 Å². The van der Waals surface area contributed by atoms with Crippen LogP contribution in [0.4, 0.5) is 0 Å². The maximum absolute atomic E-state index is 12.2. The second-order valence-corrected chi connectivity index (χ2v) is 4.82. The first-order chi connectivity index (χ1) is 10.6. The molecule has 3 heterocycles. The molecule has 0 spiro atoms. The van der Waals surface area contributed by atoms with Gasteiger partial charge in [-0.05, 0) is 17.5 Å². The van der Waals surface area contributed by atoms with Crippen LogP contribution in [0, 0.1) is 0 Å². The number of aromatic nitrogens is 5. The first kappa shape index (κ1) is 12.3. The first-order valence-electron chi connectivity index (χ1n) is 6.46. The van der Waals surface area contributed by atoms with Gasteiger partial charge in [-0.2, -0.15) is 0 Å². The minimum absolute atomic E-state index is 0.108. The van der Waals surface area contributed by atoms with E-state index in [4.69, 9.17) is 0 Å². The molecule has 0 aliphatic rings. The van der Waals surface area contributed by atoms with Crippen LogP contribution >= 0.6 is 0 Å². The summed E-state index contributed by atoms with van der Waals surface area (Å²) in [6.45, 7) is 0. The van der Waals surface area contributed by atoms with Crippen molar-refractivity contribution in [2.45, 2.75) is 0 Å². The predicted octanol–water partition coefficient (Wildman–Crippen LogP) is 0.448. The zero-order valence-electron chi connectivity index (χ0n) is 11.1. The molecular formula is C14H9N5O3. The average molecular weight is 295 g/mol. The Morgan fingerprint density at radius 3 is 2.55 bits per heavy atom. The molecule has 4 rings (SSSR count). The topological polar surface area (TPSA) is 127 Å². The summed E-state index contributed by atoms with van der Waals surface area (Å²) in [5.41, 5.74) is -0.360. The second kappa shape index (κ2) is 4.29. The number of nitrogens with zero attached hydrogens (tertiary/aromatic N) is 1. The van der Waals surface area contributed by atoms with Gasteiger partial charge in [-0.1, -0.05) is 18.2 Å². The summed E-state index contributed by atoms with van der Waals surface area (Å²) in [5.74, 6) is 0.217. The Bertz CT molecular complexity index is 1190. The molecule has 0 saturated heterocycles. The van der Waals surface area contributed by atoms with Crippen LogP contribution in [0.3, 0.4) is 0 Å². The molecule has 0 bridgehead atoms. The third-order valence-electron chi connectivity index (χ3n) is 3.40. The van der Waals surface area contributed by atoms with E-state index in [1.807, 2.05) is 18.2 Å². The van der Waals surface area contributed by atoms with Crippen LogP contribution < -0.4 is 16.8 Å². The number of para-hydroxylation sites is 1. The zero-order valence-corrected chi connectivity index (χ0v) is 11.1. The summed E-state index contributed by atoms with van der Waals surface area (Å²) in [5, 5.41) is 0.833. The molecule has 0 aliphatic heterocycles. The standard InChI is InChI=1S/C14H9N5O3/c20-12-7(5-6-3-1-2-4-8(6)15-12)10-16-9-11(17-10)18-14(22)19-13(9)21/h1-5H,(H,15,20)(H3,16,17,18,19,21,22). The molecule has 0 fully saturated rings. The number of benzene rings is 1. The number of nitrogens with one attached hydrogen (secondary N) is 4. The highest BCUT2D eigenvalue weighted by Crippen LogP contribution is 2.17. The van der Waals surface area contributed by atoms with Crippen molar-refractivity contribution in [1.29, 1.82) is 0 Å². The van der Waals surface area contributed by atoms with Crippen molar-refractivity contribution in [3.05, 3.63) is 61.5 Å². The molecule has 0 atom stereocenters. The summed E-state index contributed by atoms with van der Waals surface area (Å²) in [7, 11) is 0. The number of rotatable bonds is 1. The number of aromatic amines is 4. The van der Waals surface area contributed by atoms with Gasteiger partial charge in [0.25, 0.3) is 11.1 Å². The van der Waals surface area contributed by atoms with E-state index >= 15 is 0 Å². The lowest BCUT2D eigenvalue weighted by atomic mass is 10.1. The van der Waals surface area contributed by atoms with Gasteiger partial charge in [0.2, 0.25) is 0 Å². The van der Waals surface area contributed by atoms with Crippen molar-refractivity contribution in [2.24, 2.45) is 0 Å². The number of H-pyrrole nitrogens is 4. The molecule has 8 heteroatoms. The lowest BCUT2D eigenvalue weighted by molar-refractivity contribution is 1.07. The fourth-order valence-electron chi connectivity index (χ4n) is 2.38. The predicted molar refractivity (Wildman–Crippen MR) is 80.9 cm³/mol. The third kappa shape index (κ3) is 1.78. The van der Waals surface area contributed by atoms with Gasteiger partial charge in [0.1, 0.15) is 11.3 Å². The van der Waals surface area contributed by atoms with Crippen LogP contribution in [0.15, 0.2) is 44.7 Å². The smallest absolute Gasteiger partial charge is 0.327 e. The minimum atomic E-state index is -0.650. The van der Waals surface area contributed by atoms with Gasteiger partial charge < -0.3 is 9.97 Å². The number of fused-ring (bicyclic) bond motifs is 2. The van der Waals surface area contributed by atoms with E-state index < -0.39 is 11.2 Å². The SMILES string of the molecule is O=c1[nH]c(=O)c2[nH]c(-c3cc4ccccc4[nH]c3=O)nc2[nH]1. The first-order valence-corrected chi connectivity index (χ1v) is 6.46. The molecule has 4 N–H and O–H groups in total. The number of hydrogen-bond acceptors (Lipinski definition) is 4. The molecule has 3 aromatic heterocycles. The Hall–Kier alpha value is -3.42. The molecule has 0 aliphatic carbocycles. The molecule has 108 valence electrons. The van der Waals surface area contributed by atoms with Gasteiger partial charge in [0.05, 0.1) is 5.56 Å². The molecule has 4 aromatic rings. The van der Waals surface area contributed by atoms with Crippen LogP contribution in [0.1, 0.15) is 0 Å². The Morgan fingerprint density at radius 1 is 0.864 bits per heavy atom. The van der Waals surface area contributed by atoms with Gasteiger partial charge in [-0.25, -0.2) is 9.78 Å². The van der Waals surface area contributed by atoms with E-state index in [2.05, 4.69) is 24.9 Å². The largest absolute Gasteiger partial charge is 0.332 e.